The first-order chi connectivity index (χ1) is 8.90. The van der Waals surface area contributed by atoms with Crippen LogP contribution in [-0.2, 0) is 10.0 Å². The van der Waals surface area contributed by atoms with Crippen molar-refractivity contribution in [2.75, 3.05) is 5.73 Å². The van der Waals surface area contributed by atoms with Crippen molar-refractivity contribution < 1.29 is 8.42 Å². The molecule has 0 amide bonds. The molecule has 2 aromatic rings. The van der Waals surface area contributed by atoms with Crippen LogP contribution in [-0.4, -0.2) is 13.4 Å². The lowest BCUT2D eigenvalue weighted by molar-refractivity contribution is 0.568. The quantitative estimate of drug-likeness (QED) is 0.904. The lowest BCUT2D eigenvalue weighted by Gasteiger charge is -2.13. The Kier molecular flexibility index (Phi) is 3.88. The topological polar surface area (TPSA) is 85.1 Å². The van der Waals surface area contributed by atoms with Gasteiger partial charge in [-0.1, -0.05) is 41.7 Å². The molecule has 1 heterocycles. The van der Waals surface area contributed by atoms with Crippen LogP contribution >= 0.6 is 11.3 Å². The van der Waals surface area contributed by atoms with Crippen LogP contribution in [0.3, 0.4) is 0 Å². The fourth-order valence-corrected chi connectivity index (χ4v) is 4.30. The van der Waals surface area contributed by atoms with Gasteiger partial charge in [0.1, 0.15) is 0 Å². The Morgan fingerprint density at radius 1 is 1.32 bits per heavy atom. The molecule has 0 aliphatic heterocycles. The van der Waals surface area contributed by atoms with Crippen molar-refractivity contribution >= 4 is 26.5 Å². The van der Waals surface area contributed by atoms with Crippen molar-refractivity contribution in [3.8, 4) is 0 Å². The highest BCUT2D eigenvalue weighted by molar-refractivity contribution is 7.91. The molecule has 5 nitrogen and oxygen atoms in total. The minimum Gasteiger partial charge on any atom is -0.375 e. The highest BCUT2D eigenvalue weighted by Crippen LogP contribution is 2.26. The Balaban J connectivity index is 2.25. The van der Waals surface area contributed by atoms with Crippen LogP contribution in [0.15, 0.2) is 34.5 Å². The van der Waals surface area contributed by atoms with Crippen molar-refractivity contribution in [2.45, 2.75) is 24.1 Å². The Morgan fingerprint density at radius 3 is 2.47 bits per heavy atom. The average Bonchev–Trinajstić information content (AvgIpc) is 2.70. The summed E-state index contributed by atoms with van der Waals surface area (Å²) in [6, 6.07) is 9.07. The molecule has 0 saturated heterocycles. The highest BCUT2D eigenvalue weighted by Gasteiger charge is 2.23. The number of hydrogen-bond acceptors (Lipinski definition) is 5. The van der Waals surface area contributed by atoms with Crippen molar-refractivity contribution in [1.29, 1.82) is 0 Å². The summed E-state index contributed by atoms with van der Waals surface area (Å²) >= 11 is 0.975. The van der Waals surface area contributed by atoms with Crippen LogP contribution in [0.5, 0.6) is 0 Å². The number of aryl methyl sites for hydroxylation is 1. The summed E-state index contributed by atoms with van der Waals surface area (Å²) in [6.45, 7) is 3.43. The zero-order chi connectivity index (χ0) is 14.0. The zero-order valence-corrected chi connectivity index (χ0v) is 12.3. The number of benzene rings is 1. The average molecular weight is 297 g/mol. The molecule has 0 spiro atoms. The molecule has 0 fully saturated rings. The standard InChI is InChI=1S/C12H15N3O2S2/c1-8(10-6-4-3-5-7-10)15-19(16,17)11-9(2)14-12(13)18-11/h3-8,15H,1-2H3,(H2,13,14). The van der Waals surface area contributed by atoms with E-state index in [-0.39, 0.29) is 15.4 Å². The Morgan fingerprint density at radius 2 is 1.95 bits per heavy atom. The molecule has 0 radical (unpaired) electrons. The van der Waals surface area contributed by atoms with Gasteiger partial charge in [0.2, 0.25) is 0 Å². The monoisotopic (exact) mass is 297 g/mol. The van der Waals surface area contributed by atoms with Crippen molar-refractivity contribution in [3.05, 3.63) is 41.6 Å². The second-order valence-electron chi connectivity index (χ2n) is 4.18. The van der Waals surface area contributed by atoms with Crippen LogP contribution < -0.4 is 10.5 Å². The summed E-state index contributed by atoms with van der Waals surface area (Å²) in [6.07, 6.45) is 0. The van der Waals surface area contributed by atoms with Gasteiger partial charge < -0.3 is 5.73 Å². The summed E-state index contributed by atoms with van der Waals surface area (Å²) in [5.74, 6) is 0. The molecule has 0 saturated carbocycles. The molecule has 1 aromatic heterocycles. The molecule has 19 heavy (non-hydrogen) atoms. The van der Waals surface area contributed by atoms with E-state index in [0.29, 0.717) is 5.69 Å². The maximum atomic E-state index is 12.3. The molecule has 3 N–H and O–H groups in total. The number of nitrogens with two attached hydrogens (primary N) is 1. The fraction of sp³-hybridized carbons (Fsp3) is 0.250. The van der Waals surface area contributed by atoms with Crippen molar-refractivity contribution in [2.24, 2.45) is 0 Å². The van der Waals surface area contributed by atoms with Crippen LogP contribution in [0.25, 0.3) is 0 Å². The number of nitrogens with one attached hydrogen (secondary N) is 1. The van der Waals surface area contributed by atoms with E-state index in [1.165, 1.54) is 0 Å². The van der Waals surface area contributed by atoms with E-state index in [1.54, 1.807) is 13.8 Å². The van der Waals surface area contributed by atoms with E-state index in [2.05, 4.69) is 9.71 Å². The maximum absolute atomic E-state index is 12.3. The summed E-state index contributed by atoms with van der Waals surface area (Å²) in [4.78, 5) is 3.93. The van der Waals surface area contributed by atoms with Gasteiger partial charge >= 0.3 is 0 Å². The normalized spacial score (nSPS) is 13.4. The molecule has 0 aliphatic carbocycles. The van der Waals surface area contributed by atoms with Crippen LogP contribution in [0.2, 0.25) is 0 Å². The summed E-state index contributed by atoms with van der Waals surface area (Å²) in [5, 5.41) is 0.255. The number of thiazole rings is 1. The highest BCUT2D eigenvalue weighted by atomic mass is 32.2. The number of hydrogen-bond donors (Lipinski definition) is 2. The number of sulfonamides is 1. The summed E-state index contributed by atoms with van der Waals surface area (Å²) in [5.41, 5.74) is 6.86. The van der Waals surface area contributed by atoms with E-state index in [1.807, 2.05) is 30.3 Å². The number of aromatic nitrogens is 1. The van der Waals surface area contributed by atoms with E-state index in [9.17, 15) is 8.42 Å². The lowest BCUT2D eigenvalue weighted by atomic mass is 10.1. The van der Waals surface area contributed by atoms with Gasteiger partial charge in [-0.3, -0.25) is 0 Å². The molecule has 1 unspecified atom stereocenters. The largest absolute Gasteiger partial charge is 0.375 e. The molecule has 1 aromatic carbocycles. The zero-order valence-electron chi connectivity index (χ0n) is 10.6. The Bertz CT molecular complexity index is 666. The smallest absolute Gasteiger partial charge is 0.252 e. The van der Waals surface area contributed by atoms with Gasteiger partial charge in [0, 0.05) is 6.04 Å². The second kappa shape index (κ2) is 5.28. The van der Waals surface area contributed by atoms with Gasteiger partial charge in [-0.25, -0.2) is 18.1 Å². The predicted octanol–water partition coefficient (Wildman–Crippen LogP) is 2.07. The minimum absolute atomic E-state index is 0.174. The van der Waals surface area contributed by atoms with Crippen LogP contribution in [0, 0.1) is 6.92 Å². The third kappa shape index (κ3) is 3.12. The van der Waals surface area contributed by atoms with Gasteiger partial charge in [0.25, 0.3) is 10.0 Å². The van der Waals surface area contributed by atoms with Crippen LogP contribution in [0.1, 0.15) is 24.2 Å². The Labute approximate surface area is 116 Å². The Hall–Kier alpha value is -1.44. The fourth-order valence-electron chi connectivity index (χ4n) is 1.75. The molecule has 0 bridgehead atoms. The number of nitrogens with zero attached hydrogens (tertiary/aromatic N) is 1. The molecular formula is C12H15N3O2S2. The molecule has 7 heteroatoms. The minimum atomic E-state index is -3.59. The second-order valence-corrected chi connectivity index (χ2v) is 7.12. The number of rotatable bonds is 4. The van der Waals surface area contributed by atoms with Gasteiger partial charge in [0.15, 0.2) is 9.34 Å². The predicted molar refractivity (Wildman–Crippen MR) is 76.4 cm³/mol. The first kappa shape index (κ1) is 14.0. The molecule has 1 atom stereocenters. The SMILES string of the molecule is Cc1nc(N)sc1S(=O)(=O)NC(C)c1ccccc1. The van der Waals surface area contributed by atoms with Crippen LogP contribution in [0.4, 0.5) is 5.13 Å². The maximum Gasteiger partial charge on any atom is 0.252 e. The van der Waals surface area contributed by atoms with Gasteiger partial charge in [-0.2, -0.15) is 0 Å². The number of nitrogen functional groups attached to an aromatic ring is 1. The lowest BCUT2D eigenvalue weighted by Crippen LogP contribution is -2.26. The van der Waals surface area contributed by atoms with E-state index in [0.717, 1.165) is 16.9 Å². The first-order valence-electron chi connectivity index (χ1n) is 5.70. The number of anilines is 1. The molecular weight excluding hydrogens is 282 g/mol. The molecule has 102 valence electrons. The van der Waals surface area contributed by atoms with E-state index < -0.39 is 10.0 Å². The molecule has 2 rings (SSSR count). The summed E-state index contributed by atoms with van der Waals surface area (Å²) < 4.78 is 27.3. The van der Waals surface area contributed by atoms with Gasteiger partial charge in [-0.15, -0.1) is 0 Å². The molecule has 0 aliphatic rings. The van der Waals surface area contributed by atoms with E-state index in [4.69, 9.17) is 5.73 Å². The van der Waals surface area contributed by atoms with Gasteiger partial charge in [-0.05, 0) is 19.4 Å². The first-order valence-corrected chi connectivity index (χ1v) is 8.00. The van der Waals surface area contributed by atoms with E-state index >= 15 is 0 Å². The van der Waals surface area contributed by atoms with Gasteiger partial charge in [0.05, 0.1) is 5.69 Å². The third-order valence-corrected chi connectivity index (χ3v) is 5.78. The third-order valence-electron chi connectivity index (χ3n) is 2.65. The summed E-state index contributed by atoms with van der Waals surface area (Å²) in [7, 11) is -3.59. The van der Waals surface area contributed by atoms with Crippen molar-refractivity contribution in [1.82, 2.24) is 9.71 Å². The van der Waals surface area contributed by atoms with Crippen molar-refractivity contribution in [3.63, 3.8) is 0 Å².